The van der Waals surface area contributed by atoms with Gasteiger partial charge in [0.05, 0.1) is 4.88 Å². The lowest BCUT2D eigenvalue weighted by Gasteiger charge is -2.44. The molecule has 0 spiro atoms. The molecule has 0 aliphatic carbocycles. The minimum Gasteiger partial charge on any atom is -0.347 e. The second kappa shape index (κ2) is 6.73. The van der Waals surface area contributed by atoms with Crippen LogP contribution in [0.5, 0.6) is 0 Å². The first-order chi connectivity index (χ1) is 12.1. The molecule has 5 rings (SSSR count). The zero-order valence-corrected chi connectivity index (χ0v) is 15.1. The lowest BCUT2D eigenvalue weighted by molar-refractivity contribution is 0.0622. The highest BCUT2D eigenvalue weighted by atomic mass is 32.1. The Labute approximate surface area is 151 Å². The number of nitrogens with one attached hydrogen (secondary N) is 1. The van der Waals surface area contributed by atoms with E-state index in [1.807, 2.05) is 36.4 Å². The third-order valence-electron chi connectivity index (χ3n) is 5.37. The van der Waals surface area contributed by atoms with Crippen LogP contribution in [0, 0.1) is 5.92 Å². The van der Waals surface area contributed by atoms with Crippen LogP contribution >= 0.6 is 11.3 Å². The fourth-order valence-corrected chi connectivity index (χ4v) is 4.93. The van der Waals surface area contributed by atoms with E-state index in [2.05, 4.69) is 10.2 Å². The Kier molecular flexibility index (Phi) is 4.44. The lowest BCUT2D eigenvalue weighted by Crippen LogP contribution is -2.57. The summed E-state index contributed by atoms with van der Waals surface area (Å²) in [6, 6.07) is 11.7. The van der Waals surface area contributed by atoms with Crippen LogP contribution in [0.3, 0.4) is 0 Å². The van der Waals surface area contributed by atoms with Crippen LogP contribution in [-0.2, 0) is 0 Å². The predicted octanol–water partition coefficient (Wildman–Crippen LogP) is 3.44. The monoisotopic (exact) mass is 354 g/mol. The number of hydrogen-bond acceptors (Lipinski definition) is 4. The standard InChI is InChI=1S/C20H22N2O2S/c1-13(23)15-4-2-3-5-16(15)18-6-7-19(25-18)20(24)21-17-12-22-10-8-14(17)9-11-22/h2-7,14,17H,8-12H2,1H3,(H,21,24)/t17-/m0/s1. The average Bonchev–Trinajstić information content (AvgIpc) is 3.13. The summed E-state index contributed by atoms with van der Waals surface area (Å²) in [4.78, 5) is 28.6. The van der Waals surface area contributed by atoms with E-state index in [4.69, 9.17) is 0 Å². The van der Waals surface area contributed by atoms with Gasteiger partial charge in [-0.25, -0.2) is 0 Å². The highest BCUT2D eigenvalue weighted by Crippen LogP contribution is 2.32. The van der Waals surface area contributed by atoms with E-state index in [-0.39, 0.29) is 17.7 Å². The summed E-state index contributed by atoms with van der Waals surface area (Å²) in [5, 5.41) is 3.23. The average molecular weight is 354 g/mol. The Balaban J connectivity index is 1.51. The number of nitrogens with zero attached hydrogens (tertiary/aromatic N) is 1. The lowest BCUT2D eigenvalue weighted by atomic mass is 9.84. The van der Waals surface area contributed by atoms with Gasteiger partial charge in [-0.2, -0.15) is 0 Å². The second-order valence-electron chi connectivity index (χ2n) is 6.98. The number of amides is 1. The molecular weight excluding hydrogens is 332 g/mol. The van der Waals surface area contributed by atoms with E-state index >= 15 is 0 Å². The largest absolute Gasteiger partial charge is 0.347 e. The molecule has 1 N–H and O–H groups in total. The number of carbonyl (C=O) groups is 2. The molecule has 4 heterocycles. The summed E-state index contributed by atoms with van der Waals surface area (Å²) in [7, 11) is 0. The first kappa shape index (κ1) is 16.5. The van der Waals surface area contributed by atoms with Crippen molar-refractivity contribution in [2.75, 3.05) is 19.6 Å². The second-order valence-corrected chi connectivity index (χ2v) is 8.07. The number of Topliss-reactive ketones (excluding diaryl/α,β-unsaturated/α-hetero) is 1. The Morgan fingerprint density at radius 3 is 2.56 bits per heavy atom. The number of fused-ring (bicyclic) bond motifs is 3. The molecule has 1 atom stereocenters. The third-order valence-corrected chi connectivity index (χ3v) is 6.49. The maximum Gasteiger partial charge on any atom is 0.261 e. The van der Waals surface area contributed by atoms with Gasteiger partial charge >= 0.3 is 0 Å². The van der Waals surface area contributed by atoms with Gasteiger partial charge < -0.3 is 10.2 Å². The number of rotatable bonds is 4. The van der Waals surface area contributed by atoms with Gasteiger partial charge in [-0.05, 0) is 50.9 Å². The van der Waals surface area contributed by atoms with E-state index in [0.29, 0.717) is 16.4 Å². The summed E-state index contributed by atoms with van der Waals surface area (Å²) < 4.78 is 0. The molecule has 3 aliphatic rings. The Hall–Kier alpha value is -1.98. The quantitative estimate of drug-likeness (QED) is 0.856. The van der Waals surface area contributed by atoms with Gasteiger partial charge in [0, 0.05) is 28.6 Å². The maximum absolute atomic E-state index is 12.7. The van der Waals surface area contributed by atoms with Gasteiger partial charge in [-0.1, -0.05) is 24.3 Å². The van der Waals surface area contributed by atoms with Crippen LogP contribution in [0.2, 0.25) is 0 Å². The van der Waals surface area contributed by atoms with Crippen LogP contribution < -0.4 is 5.32 Å². The number of thiophene rings is 1. The van der Waals surface area contributed by atoms with E-state index in [9.17, 15) is 9.59 Å². The topological polar surface area (TPSA) is 49.4 Å². The summed E-state index contributed by atoms with van der Waals surface area (Å²) >= 11 is 1.46. The number of piperidine rings is 3. The SMILES string of the molecule is CC(=O)c1ccccc1-c1ccc(C(=O)N[C@H]2CN3CCC2CC3)s1. The molecule has 1 amide bonds. The van der Waals surface area contributed by atoms with Crippen molar-refractivity contribution < 1.29 is 9.59 Å². The van der Waals surface area contributed by atoms with Crippen molar-refractivity contribution >= 4 is 23.0 Å². The zero-order valence-electron chi connectivity index (χ0n) is 14.3. The normalized spacial score (nSPS) is 24.9. The summed E-state index contributed by atoms with van der Waals surface area (Å²) in [5.74, 6) is 0.671. The first-order valence-electron chi connectivity index (χ1n) is 8.85. The van der Waals surface area contributed by atoms with E-state index < -0.39 is 0 Å². The smallest absolute Gasteiger partial charge is 0.261 e. The Morgan fingerprint density at radius 1 is 1.12 bits per heavy atom. The van der Waals surface area contributed by atoms with Crippen molar-refractivity contribution in [2.24, 2.45) is 5.92 Å². The van der Waals surface area contributed by atoms with E-state index in [1.165, 1.54) is 37.3 Å². The molecule has 5 heteroatoms. The van der Waals surface area contributed by atoms with Crippen LogP contribution in [0.15, 0.2) is 36.4 Å². The van der Waals surface area contributed by atoms with Crippen molar-refractivity contribution in [3.63, 3.8) is 0 Å². The predicted molar refractivity (Wildman–Crippen MR) is 100 cm³/mol. The summed E-state index contributed by atoms with van der Waals surface area (Å²) in [6.07, 6.45) is 2.37. The number of carbonyl (C=O) groups excluding carboxylic acids is 2. The van der Waals surface area contributed by atoms with Crippen molar-refractivity contribution in [3.05, 3.63) is 46.8 Å². The minimum atomic E-state index is 0.00954. The molecule has 3 fully saturated rings. The van der Waals surface area contributed by atoms with Gasteiger partial charge in [-0.3, -0.25) is 9.59 Å². The molecule has 0 unspecified atom stereocenters. The molecule has 4 nitrogen and oxygen atoms in total. The first-order valence-corrected chi connectivity index (χ1v) is 9.67. The third kappa shape index (κ3) is 3.26. The number of ketones is 1. The zero-order chi connectivity index (χ0) is 17.4. The highest BCUT2D eigenvalue weighted by molar-refractivity contribution is 7.17. The summed E-state index contributed by atoms with van der Waals surface area (Å²) in [5.41, 5.74) is 1.61. The van der Waals surface area contributed by atoms with Crippen molar-refractivity contribution in [3.8, 4) is 10.4 Å². The molecule has 1 aromatic heterocycles. The molecule has 2 bridgehead atoms. The molecular formula is C20H22N2O2S. The van der Waals surface area contributed by atoms with Crippen LogP contribution in [0.25, 0.3) is 10.4 Å². The van der Waals surface area contributed by atoms with Crippen molar-refractivity contribution in [1.82, 2.24) is 10.2 Å². The van der Waals surface area contributed by atoms with Crippen LogP contribution in [0.4, 0.5) is 0 Å². The molecule has 1 aromatic carbocycles. The fourth-order valence-electron chi connectivity index (χ4n) is 3.98. The number of benzene rings is 1. The van der Waals surface area contributed by atoms with Gasteiger partial charge in [0.2, 0.25) is 0 Å². The van der Waals surface area contributed by atoms with Crippen LogP contribution in [0.1, 0.15) is 39.8 Å². The van der Waals surface area contributed by atoms with Gasteiger partial charge in [-0.15, -0.1) is 11.3 Å². The van der Waals surface area contributed by atoms with E-state index in [0.717, 1.165) is 17.0 Å². The van der Waals surface area contributed by atoms with Crippen LogP contribution in [-0.4, -0.2) is 42.3 Å². The molecule has 2 aromatic rings. The fraction of sp³-hybridized carbons (Fsp3) is 0.400. The minimum absolute atomic E-state index is 0.00954. The molecule has 0 saturated carbocycles. The van der Waals surface area contributed by atoms with Crippen molar-refractivity contribution in [2.45, 2.75) is 25.8 Å². The number of hydrogen-bond donors (Lipinski definition) is 1. The van der Waals surface area contributed by atoms with Gasteiger partial charge in [0.25, 0.3) is 5.91 Å². The molecule has 0 radical (unpaired) electrons. The van der Waals surface area contributed by atoms with Gasteiger partial charge in [0.15, 0.2) is 5.78 Å². The molecule has 25 heavy (non-hydrogen) atoms. The molecule has 3 saturated heterocycles. The Bertz CT molecular complexity index is 806. The summed E-state index contributed by atoms with van der Waals surface area (Å²) in [6.45, 7) is 4.89. The van der Waals surface area contributed by atoms with Crippen molar-refractivity contribution in [1.29, 1.82) is 0 Å². The van der Waals surface area contributed by atoms with Gasteiger partial charge in [0.1, 0.15) is 0 Å². The molecule has 3 aliphatic heterocycles. The highest BCUT2D eigenvalue weighted by Gasteiger charge is 2.35. The Morgan fingerprint density at radius 2 is 1.88 bits per heavy atom. The molecule has 130 valence electrons. The maximum atomic E-state index is 12.7. The van der Waals surface area contributed by atoms with E-state index in [1.54, 1.807) is 6.92 Å².